The van der Waals surface area contributed by atoms with Gasteiger partial charge in [0.15, 0.2) is 0 Å². The number of carbonyl (C=O) groups is 4. The molecule has 0 unspecified atom stereocenters. The summed E-state index contributed by atoms with van der Waals surface area (Å²) in [5.41, 5.74) is -1.65. The van der Waals surface area contributed by atoms with E-state index < -0.39 is 23.1 Å². The maximum Gasteiger partial charge on any atom is 0.328 e. The average Bonchev–Trinajstić information content (AvgIpc) is 3.60. The molecule has 2 saturated heterocycles. The molecule has 0 aromatic heterocycles. The zero-order chi connectivity index (χ0) is 19.4. The third-order valence-corrected chi connectivity index (χ3v) is 6.50. The number of carbonyl (C=O) groups excluding carboxylic acids is 4. The van der Waals surface area contributed by atoms with Crippen LogP contribution < -0.4 is 0 Å². The Labute approximate surface area is 158 Å². The van der Waals surface area contributed by atoms with Crippen LogP contribution in [0.3, 0.4) is 0 Å². The van der Waals surface area contributed by atoms with Crippen molar-refractivity contribution >= 4 is 23.7 Å². The normalized spacial score (nSPS) is 27.5. The number of hydrogen-bond acceptors (Lipinski definition) is 5. The summed E-state index contributed by atoms with van der Waals surface area (Å²) >= 11 is 0. The van der Waals surface area contributed by atoms with Crippen LogP contribution in [0.1, 0.15) is 38.5 Å². The van der Waals surface area contributed by atoms with E-state index in [1.54, 1.807) is 14.7 Å². The third kappa shape index (κ3) is 2.49. The molecule has 0 radical (unpaired) electrons. The molecule has 4 fully saturated rings. The van der Waals surface area contributed by atoms with E-state index in [4.69, 9.17) is 4.74 Å². The van der Waals surface area contributed by atoms with Gasteiger partial charge in [0.1, 0.15) is 17.1 Å². The highest BCUT2D eigenvalue weighted by atomic mass is 16.5. The first-order valence-corrected chi connectivity index (χ1v) is 9.56. The molecule has 1 atom stereocenters. The maximum atomic E-state index is 13.3. The van der Waals surface area contributed by atoms with E-state index in [-0.39, 0.29) is 17.7 Å². The summed E-state index contributed by atoms with van der Waals surface area (Å²) in [7, 11) is 1.33. The largest absolute Gasteiger partial charge is 0.467 e. The molecule has 2 aliphatic heterocycles. The second-order valence-electron chi connectivity index (χ2n) is 7.89. The molecule has 4 rings (SSSR count). The zero-order valence-corrected chi connectivity index (χ0v) is 15.6. The lowest BCUT2D eigenvalue weighted by Crippen LogP contribution is -2.66. The molecule has 146 valence electrons. The molecule has 8 heteroatoms. The van der Waals surface area contributed by atoms with Crippen molar-refractivity contribution in [2.24, 2.45) is 0 Å². The number of amides is 3. The van der Waals surface area contributed by atoms with E-state index in [0.717, 1.165) is 6.42 Å². The minimum Gasteiger partial charge on any atom is -0.467 e. The topological polar surface area (TPSA) is 87.2 Å². The fourth-order valence-corrected chi connectivity index (χ4v) is 4.70. The van der Waals surface area contributed by atoms with Crippen LogP contribution in [0.15, 0.2) is 12.7 Å². The molecule has 0 aromatic carbocycles. The Morgan fingerprint density at radius 2 is 1.85 bits per heavy atom. The molecule has 8 nitrogen and oxygen atoms in total. The number of nitrogens with zero attached hydrogens (tertiary/aromatic N) is 3. The van der Waals surface area contributed by atoms with Crippen molar-refractivity contribution in [2.75, 3.05) is 26.7 Å². The number of rotatable bonds is 4. The molecule has 2 saturated carbocycles. The Bertz CT molecular complexity index is 725. The van der Waals surface area contributed by atoms with Gasteiger partial charge in [-0.25, -0.2) is 4.79 Å². The highest BCUT2D eigenvalue weighted by Gasteiger charge is 2.67. The molecule has 4 aliphatic rings. The standard InChI is InChI=1S/C19H25N3O5/c1-3-14(23)21-11-12-22(17(26)19(21)8-9-19)18(6-7-18)16(25)20-10-4-5-13(20)15(24)27-2/h3,13H,1,4-12H2,2H3/t13-/m0/s1. The quantitative estimate of drug-likeness (QED) is 0.513. The number of ether oxygens (including phenoxy) is 1. The number of likely N-dealkylation sites (tertiary alicyclic amines) is 1. The summed E-state index contributed by atoms with van der Waals surface area (Å²) in [6.07, 6.45) is 5.05. The van der Waals surface area contributed by atoms with Crippen LogP contribution in [0.25, 0.3) is 0 Å². The van der Waals surface area contributed by atoms with Crippen molar-refractivity contribution in [3.05, 3.63) is 12.7 Å². The van der Waals surface area contributed by atoms with E-state index in [9.17, 15) is 19.2 Å². The molecule has 27 heavy (non-hydrogen) atoms. The fourth-order valence-electron chi connectivity index (χ4n) is 4.70. The SMILES string of the molecule is C=CC(=O)N1CCN(C2(C(=O)N3CCC[C@H]3C(=O)OC)CC2)C(=O)C12CC2. The maximum absolute atomic E-state index is 13.3. The van der Waals surface area contributed by atoms with Crippen molar-refractivity contribution in [1.29, 1.82) is 0 Å². The van der Waals surface area contributed by atoms with Crippen molar-refractivity contribution in [3.8, 4) is 0 Å². The Hall–Kier alpha value is -2.38. The van der Waals surface area contributed by atoms with Gasteiger partial charge in [0.25, 0.3) is 0 Å². The fraction of sp³-hybridized carbons (Fsp3) is 0.684. The van der Waals surface area contributed by atoms with Gasteiger partial charge in [-0.1, -0.05) is 6.58 Å². The second kappa shape index (κ2) is 6.07. The minimum atomic E-state index is -0.855. The van der Waals surface area contributed by atoms with Crippen molar-refractivity contribution < 1.29 is 23.9 Å². The predicted molar refractivity (Wildman–Crippen MR) is 94.3 cm³/mol. The van der Waals surface area contributed by atoms with Gasteiger partial charge in [-0.05, 0) is 44.6 Å². The Morgan fingerprint density at radius 3 is 2.41 bits per heavy atom. The first kappa shape index (κ1) is 18.0. The van der Waals surface area contributed by atoms with E-state index >= 15 is 0 Å². The van der Waals surface area contributed by atoms with Gasteiger partial charge in [0.2, 0.25) is 17.7 Å². The van der Waals surface area contributed by atoms with Crippen LogP contribution in [0.4, 0.5) is 0 Å². The summed E-state index contributed by atoms with van der Waals surface area (Å²) in [5, 5.41) is 0. The lowest BCUT2D eigenvalue weighted by Gasteiger charge is -2.45. The Balaban J connectivity index is 1.56. The van der Waals surface area contributed by atoms with Gasteiger partial charge in [-0.2, -0.15) is 0 Å². The van der Waals surface area contributed by atoms with E-state index in [1.807, 2.05) is 0 Å². The number of piperazine rings is 1. The Kier molecular flexibility index (Phi) is 4.05. The monoisotopic (exact) mass is 375 g/mol. The van der Waals surface area contributed by atoms with Gasteiger partial charge < -0.3 is 19.4 Å². The van der Waals surface area contributed by atoms with Crippen molar-refractivity contribution in [2.45, 2.75) is 55.6 Å². The molecular formula is C19H25N3O5. The molecule has 0 aromatic rings. The zero-order valence-electron chi connectivity index (χ0n) is 15.6. The molecule has 0 bridgehead atoms. The smallest absolute Gasteiger partial charge is 0.328 e. The highest BCUT2D eigenvalue weighted by molar-refractivity contribution is 6.02. The van der Waals surface area contributed by atoms with Gasteiger partial charge >= 0.3 is 5.97 Å². The molecule has 1 spiro atoms. The second-order valence-corrected chi connectivity index (χ2v) is 7.89. The lowest BCUT2D eigenvalue weighted by atomic mass is 10.0. The first-order valence-electron chi connectivity index (χ1n) is 9.56. The van der Waals surface area contributed by atoms with Gasteiger partial charge in [-0.15, -0.1) is 0 Å². The van der Waals surface area contributed by atoms with Crippen LogP contribution in [-0.4, -0.2) is 82.3 Å². The highest BCUT2D eigenvalue weighted by Crippen LogP contribution is 2.52. The third-order valence-electron chi connectivity index (χ3n) is 6.50. The average molecular weight is 375 g/mol. The molecule has 2 aliphatic carbocycles. The molecule has 2 heterocycles. The molecular weight excluding hydrogens is 350 g/mol. The van der Waals surface area contributed by atoms with Gasteiger partial charge in [-0.3, -0.25) is 14.4 Å². The lowest BCUT2D eigenvalue weighted by molar-refractivity contribution is -0.162. The summed E-state index contributed by atoms with van der Waals surface area (Å²) in [6, 6.07) is -0.561. The summed E-state index contributed by atoms with van der Waals surface area (Å²) in [4.78, 5) is 55.6. The Morgan fingerprint density at radius 1 is 1.15 bits per heavy atom. The minimum absolute atomic E-state index is 0.136. The number of esters is 1. The van der Waals surface area contributed by atoms with Crippen LogP contribution >= 0.6 is 0 Å². The molecule has 3 amide bonds. The van der Waals surface area contributed by atoms with E-state index in [1.165, 1.54) is 13.2 Å². The van der Waals surface area contributed by atoms with Crippen LogP contribution in [0.2, 0.25) is 0 Å². The van der Waals surface area contributed by atoms with E-state index in [2.05, 4.69) is 6.58 Å². The van der Waals surface area contributed by atoms with Crippen LogP contribution in [-0.2, 0) is 23.9 Å². The summed E-state index contributed by atoms with van der Waals surface area (Å²) in [5.74, 6) is -0.920. The van der Waals surface area contributed by atoms with Crippen LogP contribution in [0, 0.1) is 0 Å². The van der Waals surface area contributed by atoms with Crippen molar-refractivity contribution in [1.82, 2.24) is 14.7 Å². The summed E-state index contributed by atoms with van der Waals surface area (Å²) < 4.78 is 4.84. The number of methoxy groups -OCH3 is 1. The van der Waals surface area contributed by atoms with Crippen LogP contribution in [0.5, 0.6) is 0 Å². The van der Waals surface area contributed by atoms with Gasteiger partial charge in [0, 0.05) is 19.6 Å². The summed E-state index contributed by atoms with van der Waals surface area (Å²) in [6.45, 7) is 4.78. The number of hydrogen-bond donors (Lipinski definition) is 0. The van der Waals surface area contributed by atoms with E-state index in [0.29, 0.717) is 51.7 Å². The first-order chi connectivity index (χ1) is 12.9. The van der Waals surface area contributed by atoms with Crippen molar-refractivity contribution in [3.63, 3.8) is 0 Å². The predicted octanol–water partition coefficient (Wildman–Crippen LogP) is 0.0724. The van der Waals surface area contributed by atoms with Gasteiger partial charge in [0.05, 0.1) is 7.11 Å². The molecule has 0 N–H and O–H groups in total.